The van der Waals surface area contributed by atoms with Crippen LogP contribution in [0.15, 0.2) is 0 Å². The van der Waals surface area contributed by atoms with E-state index in [0.717, 1.165) is 11.8 Å². The van der Waals surface area contributed by atoms with E-state index in [1.165, 1.54) is 51.4 Å². The van der Waals surface area contributed by atoms with E-state index < -0.39 is 0 Å². The van der Waals surface area contributed by atoms with Crippen LogP contribution in [-0.2, 0) is 0 Å². The average molecular weight is 165 g/mol. The Labute approximate surface area is 76.7 Å². The third-order valence-corrected chi connectivity index (χ3v) is 3.75. The monoisotopic (exact) mass is 165 g/mol. The van der Waals surface area contributed by atoms with Gasteiger partial charge in [0.25, 0.3) is 0 Å². The van der Waals surface area contributed by atoms with Gasteiger partial charge in [-0.15, -0.1) is 0 Å². The predicted octanol–water partition coefficient (Wildman–Crippen LogP) is 3.96. The third-order valence-electron chi connectivity index (χ3n) is 3.75. The molecular formula is C12H21. The molecule has 2 aliphatic rings. The van der Waals surface area contributed by atoms with Crippen LogP contribution in [0.25, 0.3) is 0 Å². The molecule has 1 atom stereocenters. The highest BCUT2D eigenvalue weighted by molar-refractivity contribution is 5.02. The molecule has 0 spiro atoms. The molecule has 2 fully saturated rings. The number of hydrogen-bond donors (Lipinski definition) is 0. The van der Waals surface area contributed by atoms with Gasteiger partial charge in [0.2, 0.25) is 0 Å². The van der Waals surface area contributed by atoms with Gasteiger partial charge < -0.3 is 0 Å². The Morgan fingerprint density at radius 1 is 1.00 bits per heavy atom. The van der Waals surface area contributed by atoms with E-state index in [0.29, 0.717) is 0 Å². The number of rotatable bonds is 1. The van der Waals surface area contributed by atoms with E-state index in [-0.39, 0.29) is 0 Å². The third kappa shape index (κ3) is 1.84. The van der Waals surface area contributed by atoms with E-state index in [1.54, 1.807) is 0 Å². The first-order valence-electron chi connectivity index (χ1n) is 5.71. The fraction of sp³-hybridized carbons (Fsp3) is 0.917. The second-order valence-electron chi connectivity index (χ2n) is 4.84. The maximum Gasteiger partial charge on any atom is -0.0207 e. The van der Waals surface area contributed by atoms with Crippen LogP contribution >= 0.6 is 0 Å². The smallest absolute Gasteiger partial charge is 0.0207 e. The summed E-state index contributed by atoms with van der Waals surface area (Å²) in [6.45, 7) is 2.41. The van der Waals surface area contributed by atoms with Crippen molar-refractivity contribution in [3.63, 3.8) is 0 Å². The zero-order chi connectivity index (χ0) is 8.39. The van der Waals surface area contributed by atoms with Crippen molar-refractivity contribution >= 4 is 0 Å². The Morgan fingerprint density at radius 3 is 2.33 bits per heavy atom. The summed E-state index contributed by atoms with van der Waals surface area (Å²) in [7, 11) is 0. The lowest BCUT2D eigenvalue weighted by atomic mass is 9.79. The van der Waals surface area contributed by atoms with Gasteiger partial charge in [-0.05, 0) is 43.4 Å². The van der Waals surface area contributed by atoms with E-state index >= 15 is 0 Å². The van der Waals surface area contributed by atoms with E-state index in [9.17, 15) is 0 Å². The lowest BCUT2D eigenvalue weighted by molar-refractivity contribution is 0.357. The normalized spacial score (nSPS) is 34.2. The van der Waals surface area contributed by atoms with Gasteiger partial charge in [0, 0.05) is 0 Å². The summed E-state index contributed by atoms with van der Waals surface area (Å²) in [5.41, 5.74) is 0. The molecule has 12 heavy (non-hydrogen) atoms. The molecule has 0 N–H and O–H groups in total. The Kier molecular flexibility index (Phi) is 2.73. The fourth-order valence-electron chi connectivity index (χ4n) is 2.97. The van der Waals surface area contributed by atoms with Crippen LogP contribution in [0, 0.1) is 17.8 Å². The molecule has 1 unspecified atom stereocenters. The molecule has 1 radical (unpaired) electrons. The molecule has 0 heterocycles. The molecular weight excluding hydrogens is 144 g/mol. The maximum absolute atomic E-state index is 2.41. The maximum atomic E-state index is 2.41. The lowest BCUT2D eigenvalue weighted by Crippen LogP contribution is -2.13. The minimum absolute atomic E-state index is 1.00. The highest BCUT2D eigenvalue weighted by Crippen LogP contribution is 2.42. The summed E-state index contributed by atoms with van der Waals surface area (Å²) in [5, 5.41) is 0. The standard InChI is InChI=1S/C12H21/c1-10-7-8-12(9-10)11-5-3-2-4-6-11/h10-11H,2-9H2,1H3. The molecule has 2 saturated carbocycles. The quantitative estimate of drug-likeness (QED) is 0.551. The number of hydrogen-bond acceptors (Lipinski definition) is 0. The van der Waals surface area contributed by atoms with Gasteiger partial charge in [0.05, 0.1) is 0 Å². The Balaban J connectivity index is 1.83. The Hall–Kier alpha value is 0. The molecule has 0 bridgehead atoms. The second-order valence-corrected chi connectivity index (χ2v) is 4.84. The molecule has 0 aromatic carbocycles. The molecule has 2 rings (SSSR count). The molecule has 0 saturated heterocycles. The van der Waals surface area contributed by atoms with Gasteiger partial charge in [0.1, 0.15) is 0 Å². The van der Waals surface area contributed by atoms with Crippen LogP contribution in [0.3, 0.4) is 0 Å². The zero-order valence-electron chi connectivity index (χ0n) is 8.31. The highest BCUT2D eigenvalue weighted by Gasteiger charge is 2.29. The van der Waals surface area contributed by atoms with Crippen molar-refractivity contribution in [3.05, 3.63) is 5.92 Å². The van der Waals surface area contributed by atoms with Gasteiger partial charge in [-0.3, -0.25) is 0 Å². The first kappa shape index (κ1) is 8.59. The summed E-state index contributed by atoms with van der Waals surface area (Å²) in [6.07, 6.45) is 11.9. The second kappa shape index (κ2) is 3.81. The van der Waals surface area contributed by atoms with Gasteiger partial charge >= 0.3 is 0 Å². The van der Waals surface area contributed by atoms with Crippen molar-refractivity contribution in [1.29, 1.82) is 0 Å². The fourth-order valence-corrected chi connectivity index (χ4v) is 2.97. The van der Waals surface area contributed by atoms with Crippen LogP contribution in [0.2, 0.25) is 0 Å². The van der Waals surface area contributed by atoms with Crippen LogP contribution in [0.5, 0.6) is 0 Å². The van der Waals surface area contributed by atoms with Gasteiger partial charge in [-0.25, -0.2) is 0 Å². The van der Waals surface area contributed by atoms with Crippen molar-refractivity contribution < 1.29 is 0 Å². The van der Waals surface area contributed by atoms with E-state index in [4.69, 9.17) is 0 Å². The summed E-state index contributed by atoms with van der Waals surface area (Å²) in [5.74, 6) is 3.98. The zero-order valence-corrected chi connectivity index (χ0v) is 8.31. The van der Waals surface area contributed by atoms with Crippen LogP contribution in [0.1, 0.15) is 58.3 Å². The van der Waals surface area contributed by atoms with Crippen LogP contribution in [-0.4, -0.2) is 0 Å². The summed E-state index contributed by atoms with van der Waals surface area (Å²) >= 11 is 0. The lowest BCUT2D eigenvalue weighted by Gasteiger charge is -2.26. The Bertz CT molecular complexity index is 130. The summed E-state index contributed by atoms with van der Waals surface area (Å²) in [4.78, 5) is 0. The molecule has 0 aromatic rings. The van der Waals surface area contributed by atoms with Crippen molar-refractivity contribution in [2.24, 2.45) is 11.8 Å². The van der Waals surface area contributed by atoms with Crippen molar-refractivity contribution in [2.45, 2.75) is 58.3 Å². The van der Waals surface area contributed by atoms with E-state index in [2.05, 4.69) is 6.92 Å². The largest absolute Gasteiger partial charge is 0.0625 e. The molecule has 0 heteroatoms. The summed E-state index contributed by atoms with van der Waals surface area (Å²) in [6, 6.07) is 0. The minimum Gasteiger partial charge on any atom is -0.0625 e. The molecule has 0 aliphatic heterocycles. The molecule has 0 aromatic heterocycles. The first-order valence-corrected chi connectivity index (χ1v) is 5.71. The minimum atomic E-state index is 1.00. The van der Waals surface area contributed by atoms with Crippen molar-refractivity contribution in [2.75, 3.05) is 0 Å². The van der Waals surface area contributed by atoms with Crippen LogP contribution < -0.4 is 0 Å². The van der Waals surface area contributed by atoms with Crippen molar-refractivity contribution in [1.82, 2.24) is 0 Å². The van der Waals surface area contributed by atoms with Gasteiger partial charge in [0.15, 0.2) is 0 Å². The summed E-state index contributed by atoms with van der Waals surface area (Å²) < 4.78 is 0. The topological polar surface area (TPSA) is 0 Å². The first-order chi connectivity index (χ1) is 5.86. The molecule has 69 valence electrons. The molecule has 0 nitrogen and oxygen atoms in total. The van der Waals surface area contributed by atoms with Crippen molar-refractivity contribution in [3.8, 4) is 0 Å². The SMILES string of the molecule is CC1CC[C](C2CCCCC2)C1. The highest BCUT2D eigenvalue weighted by atomic mass is 14.3. The van der Waals surface area contributed by atoms with Gasteiger partial charge in [-0.1, -0.05) is 32.6 Å². The van der Waals surface area contributed by atoms with Crippen LogP contribution in [0.4, 0.5) is 0 Å². The predicted molar refractivity (Wildman–Crippen MR) is 52.8 cm³/mol. The average Bonchev–Trinajstić information content (AvgIpc) is 2.54. The molecule has 0 amide bonds. The van der Waals surface area contributed by atoms with Gasteiger partial charge in [-0.2, -0.15) is 0 Å². The molecule has 2 aliphatic carbocycles. The van der Waals surface area contributed by atoms with E-state index in [1.807, 2.05) is 5.92 Å². The Morgan fingerprint density at radius 2 is 1.75 bits per heavy atom.